The highest BCUT2D eigenvalue weighted by atomic mass is 19.3. The average Bonchev–Trinajstić information content (AvgIpc) is 2.58. The summed E-state index contributed by atoms with van der Waals surface area (Å²) in [4.78, 5) is 22.8. The Kier molecular flexibility index (Phi) is 10.0. The van der Waals surface area contributed by atoms with Gasteiger partial charge >= 0.3 is 12.2 Å². The number of halogens is 4. The smallest absolute Gasteiger partial charge is 0.407 e. The first-order chi connectivity index (χ1) is 15.2. The van der Waals surface area contributed by atoms with Crippen LogP contribution in [0.4, 0.5) is 27.2 Å². The molecule has 0 aromatic rings. The summed E-state index contributed by atoms with van der Waals surface area (Å²) in [6, 6.07) is -1.90. The molecule has 12 heteroatoms. The molecule has 0 saturated heterocycles. The summed E-state index contributed by atoms with van der Waals surface area (Å²) >= 11 is 0. The molecule has 0 aromatic carbocycles. The van der Waals surface area contributed by atoms with E-state index in [2.05, 4.69) is 10.6 Å². The van der Waals surface area contributed by atoms with Crippen molar-refractivity contribution in [3.05, 3.63) is 0 Å². The lowest BCUT2D eigenvalue weighted by Gasteiger charge is -2.34. The van der Waals surface area contributed by atoms with E-state index in [4.69, 9.17) is 9.47 Å². The second-order valence-electron chi connectivity index (χ2n) is 10.8. The van der Waals surface area contributed by atoms with Crippen molar-refractivity contribution in [2.24, 2.45) is 0 Å². The van der Waals surface area contributed by atoms with Gasteiger partial charge in [0.2, 0.25) is 11.8 Å². The SMILES string of the molecule is CC(C)(C)OC(=O)N[C@@H]1CC(F)(F)CC[C@H]1O.CC(C)(C)OC(=O)N[C@H]1CC(F)(F)CC[C@@H]1O. The number of alkyl halides is 4. The van der Waals surface area contributed by atoms with E-state index in [1.54, 1.807) is 41.5 Å². The lowest BCUT2D eigenvalue weighted by Crippen LogP contribution is -2.51. The highest BCUT2D eigenvalue weighted by Crippen LogP contribution is 2.34. The third-order valence-electron chi connectivity index (χ3n) is 4.98. The Morgan fingerprint density at radius 1 is 0.735 bits per heavy atom. The average molecular weight is 503 g/mol. The molecule has 0 aliphatic heterocycles. The summed E-state index contributed by atoms with van der Waals surface area (Å²) in [7, 11) is 0. The molecule has 2 aliphatic rings. The van der Waals surface area contributed by atoms with E-state index in [9.17, 15) is 37.4 Å². The first kappa shape index (κ1) is 30.2. The van der Waals surface area contributed by atoms with Crippen molar-refractivity contribution in [2.75, 3.05) is 0 Å². The number of hydrogen-bond acceptors (Lipinski definition) is 6. The number of aliphatic hydroxyl groups is 2. The van der Waals surface area contributed by atoms with Crippen molar-refractivity contribution in [1.82, 2.24) is 10.6 Å². The van der Waals surface area contributed by atoms with E-state index in [1.165, 1.54) is 0 Å². The predicted octanol–water partition coefficient (Wildman–Crippen LogP) is 4.12. The molecule has 0 spiro atoms. The molecule has 2 fully saturated rings. The number of amides is 2. The van der Waals surface area contributed by atoms with Crippen molar-refractivity contribution in [3.8, 4) is 0 Å². The minimum Gasteiger partial charge on any atom is -0.444 e. The second-order valence-corrected chi connectivity index (χ2v) is 10.8. The maximum atomic E-state index is 13.1. The molecule has 0 radical (unpaired) electrons. The van der Waals surface area contributed by atoms with Gasteiger partial charge in [-0.3, -0.25) is 0 Å². The summed E-state index contributed by atoms with van der Waals surface area (Å²) in [5.41, 5.74) is -1.38. The van der Waals surface area contributed by atoms with Crippen molar-refractivity contribution < 1.29 is 46.8 Å². The van der Waals surface area contributed by atoms with Crippen LogP contribution in [-0.4, -0.2) is 69.7 Å². The molecule has 0 heterocycles. The first-order valence-electron chi connectivity index (χ1n) is 11.3. The third-order valence-corrected chi connectivity index (χ3v) is 4.98. The van der Waals surface area contributed by atoms with Gasteiger partial charge in [-0.25, -0.2) is 27.2 Å². The molecule has 34 heavy (non-hydrogen) atoms. The summed E-state index contributed by atoms with van der Waals surface area (Å²) in [5, 5.41) is 23.7. The fourth-order valence-electron chi connectivity index (χ4n) is 3.45. The number of rotatable bonds is 2. The number of ether oxygens (including phenoxy) is 2. The molecular formula is C22H38F4N2O6. The van der Waals surface area contributed by atoms with Gasteiger partial charge in [0, 0.05) is 25.7 Å². The molecule has 8 nitrogen and oxygen atoms in total. The van der Waals surface area contributed by atoms with E-state index in [1.807, 2.05) is 0 Å². The lowest BCUT2D eigenvalue weighted by molar-refractivity contribution is -0.0792. The minimum absolute atomic E-state index is 0.0204. The zero-order valence-corrected chi connectivity index (χ0v) is 20.6. The maximum Gasteiger partial charge on any atom is 0.407 e. The van der Waals surface area contributed by atoms with Crippen LogP contribution in [0.1, 0.15) is 80.1 Å². The molecule has 2 amide bonds. The summed E-state index contributed by atoms with van der Waals surface area (Å²) in [6.45, 7) is 10.1. The van der Waals surface area contributed by atoms with Crippen molar-refractivity contribution >= 4 is 12.2 Å². The second kappa shape index (κ2) is 11.3. The van der Waals surface area contributed by atoms with Crippen LogP contribution < -0.4 is 10.6 Å². The van der Waals surface area contributed by atoms with Gasteiger partial charge in [0.25, 0.3) is 0 Å². The predicted molar refractivity (Wildman–Crippen MR) is 116 cm³/mol. The largest absolute Gasteiger partial charge is 0.444 e. The highest BCUT2D eigenvalue weighted by molar-refractivity contribution is 5.68. The van der Waals surface area contributed by atoms with Crippen LogP contribution in [0.15, 0.2) is 0 Å². The fraction of sp³-hybridized carbons (Fsp3) is 0.909. The Bertz CT molecular complexity index is 636. The molecule has 4 N–H and O–H groups in total. The van der Waals surface area contributed by atoms with E-state index >= 15 is 0 Å². The Morgan fingerprint density at radius 3 is 1.29 bits per heavy atom. The van der Waals surface area contributed by atoms with Crippen molar-refractivity contribution in [3.63, 3.8) is 0 Å². The van der Waals surface area contributed by atoms with Crippen LogP contribution in [0.25, 0.3) is 0 Å². The van der Waals surface area contributed by atoms with Gasteiger partial charge < -0.3 is 30.3 Å². The molecule has 0 aromatic heterocycles. The monoisotopic (exact) mass is 502 g/mol. The first-order valence-corrected chi connectivity index (χ1v) is 11.3. The summed E-state index contributed by atoms with van der Waals surface area (Å²) in [6.07, 6.45) is -5.27. The van der Waals surface area contributed by atoms with Crippen molar-refractivity contribution in [1.29, 1.82) is 0 Å². The molecular weight excluding hydrogens is 464 g/mol. The minimum atomic E-state index is -2.83. The molecule has 0 unspecified atom stereocenters. The standard InChI is InChI=1S/2C11H19F2NO3/c2*1-10(2,3)17-9(16)14-7-6-11(12,13)5-4-8(7)15/h2*7-8,15H,4-6H2,1-3H3,(H,14,16)/t2*7-,8-/m10/s1. The van der Waals surface area contributed by atoms with E-state index in [-0.39, 0.29) is 25.7 Å². The van der Waals surface area contributed by atoms with Crippen LogP contribution in [0.2, 0.25) is 0 Å². The quantitative estimate of drug-likeness (QED) is 0.422. The number of alkyl carbamates (subject to hydrolysis) is 2. The number of carbonyl (C=O) groups excluding carboxylic acids is 2. The molecule has 2 saturated carbocycles. The number of aliphatic hydroxyl groups excluding tert-OH is 2. The van der Waals surface area contributed by atoms with Gasteiger partial charge in [-0.1, -0.05) is 0 Å². The fourth-order valence-corrected chi connectivity index (χ4v) is 3.45. The maximum absolute atomic E-state index is 13.1. The Morgan fingerprint density at radius 2 is 1.03 bits per heavy atom. The van der Waals surface area contributed by atoms with Crippen molar-refractivity contribution in [2.45, 2.75) is 127 Å². The van der Waals surface area contributed by atoms with Gasteiger partial charge in [-0.15, -0.1) is 0 Å². The number of carbonyl (C=O) groups is 2. The lowest BCUT2D eigenvalue weighted by atomic mass is 9.89. The Hall–Kier alpha value is -1.82. The third kappa shape index (κ3) is 12.0. The van der Waals surface area contributed by atoms with Gasteiger partial charge in [0.15, 0.2) is 0 Å². The van der Waals surface area contributed by atoms with Crippen LogP contribution in [0.3, 0.4) is 0 Å². The van der Waals surface area contributed by atoms with Gasteiger partial charge in [-0.2, -0.15) is 0 Å². The van der Waals surface area contributed by atoms with E-state index < -0.39 is 72.4 Å². The van der Waals surface area contributed by atoms with Gasteiger partial charge in [-0.05, 0) is 54.4 Å². The van der Waals surface area contributed by atoms with Gasteiger partial charge in [0.1, 0.15) is 11.2 Å². The number of nitrogens with one attached hydrogen (secondary N) is 2. The normalized spacial score (nSPS) is 28.6. The van der Waals surface area contributed by atoms with Crippen LogP contribution in [-0.2, 0) is 9.47 Å². The Balaban J connectivity index is 0.000000340. The molecule has 4 atom stereocenters. The number of hydrogen-bond donors (Lipinski definition) is 4. The Labute approximate surface area is 197 Å². The molecule has 0 bridgehead atoms. The van der Waals surface area contributed by atoms with Crippen LogP contribution in [0.5, 0.6) is 0 Å². The van der Waals surface area contributed by atoms with Crippen LogP contribution >= 0.6 is 0 Å². The summed E-state index contributed by atoms with van der Waals surface area (Å²) < 4.78 is 62.4. The summed E-state index contributed by atoms with van der Waals surface area (Å²) in [5.74, 6) is -5.67. The topological polar surface area (TPSA) is 117 Å². The molecule has 200 valence electrons. The molecule has 2 aliphatic carbocycles. The zero-order valence-electron chi connectivity index (χ0n) is 20.6. The van der Waals surface area contributed by atoms with E-state index in [0.717, 1.165) is 0 Å². The molecule has 2 rings (SSSR count). The van der Waals surface area contributed by atoms with Gasteiger partial charge in [0.05, 0.1) is 24.3 Å². The van der Waals surface area contributed by atoms with E-state index in [0.29, 0.717) is 0 Å². The highest BCUT2D eigenvalue weighted by Gasteiger charge is 2.43. The zero-order chi connectivity index (χ0) is 26.5. The van der Waals surface area contributed by atoms with Crippen LogP contribution in [0, 0.1) is 0 Å².